The summed E-state index contributed by atoms with van der Waals surface area (Å²) in [5, 5.41) is 5.99. The molecule has 29 heavy (non-hydrogen) atoms. The standard InChI is InChI=1S/C18H21F3N4O3S/c1-10(2)22-9-15(26)25-7-3-4-13(25)16(27)24-17-23-12-6-5-11(8-14(12)29-17)28-18(19,20)21/h5-6,8,10,13,22H,3-4,7,9H2,1-2H3,(H,23,24,27)/t13-/m1/s1. The van der Waals surface area contributed by atoms with Crippen LogP contribution < -0.4 is 15.4 Å². The predicted octanol–water partition coefficient (Wildman–Crippen LogP) is 3.12. The average molecular weight is 430 g/mol. The Labute approximate surface area is 169 Å². The molecule has 1 aromatic heterocycles. The van der Waals surface area contributed by atoms with E-state index in [1.807, 2.05) is 13.8 Å². The van der Waals surface area contributed by atoms with Crippen LogP contribution >= 0.6 is 11.3 Å². The molecule has 2 N–H and O–H groups in total. The van der Waals surface area contributed by atoms with Gasteiger partial charge in [0.2, 0.25) is 11.8 Å². The molecule has 0 saturated carbocycles. The minimum atomic E-state index is -4.78. The molecule has 0 radical (unpaired) electrons. The number of carbonyl (C=O) groups is 2. The summed E-state index contributed by atoms with van der Waals surface area (Å²) in [6.07, 6.45) is -3.50. The first-order valence-electron chi connectivity index (χ1n) is 9.12. The van der Waals surface area contributed by atoms with Crippen LogP contribution in [-0.2, 0) is 9.59 Å². The molecule has 0 unspecified atom stereocenters. The number of amides is 2. The quantitative estimate of drug-likeness (QED) is 0.736. The van der Waals surface area contributed by atoms with Crippen molar-refractivity contribution in [1.82, 2.24) is 15.2 Å². The average Bonchev–Trinajstić information content (AvgIpc) is 3.24. The van der Waals surface area contributed by atoms with Gasteiger partial charge in [0.25, 0.3) is 0 Å². The monoisotopic (exact) mass is 430 g/mol. The number of hydrogen-bond donors (Lipinski definition) is 2. The van der Waals surface area contributed by atoms with Crippen LogP contribution in [0, 0.1) is 0 Å². The molecule has 1 atom stereocenters. The maximum atomic E-state index is 12.7. The highest BCUT2D eigenvalue weighted by Crippen LogP contribution is 2.32. The van der Waals surface area contributed by atoms with Gasteiger partial charge in [0.15, 0.2) is 5.13 Å². The van der Waals surface area contributed by atoms with Gasteiger partial charge in [0, 0.05) is 18.7 Å². The second-order valence-electron chi connectivity index (χ2n) is 6.97. The van der Waals surface area contributed by atoms with Crippen molar-refractivity contribution in [3.8, 4) is 5.75 Å². The molecule has 11 heteroatoms. The van der Waals surface area contributed by atoms with Gasteiger partial charge in [0.05, 0.1) is 16.8 Å². The lowest BCUT2D eigenvalue weighted by atomic mass is 10.2. The first-order chi connectivity index (χ1) is 13.6. The van der Waals surface area contributed by atoms with Crippen molar-refractivity contribution in [3.05, 3.63) is 18.2 Å². The van der Waals surface area contributed by atoms with Crippen LogP contribution in [0.3, 0.4) is 0 Å². The fourth-order valence-corrected chi connectivity index (χ4v) is 3.97. The number of anilines is 1. The molecule has 1 aliphatic rings. The number of halogens is 3. The van der Waals surface area contributed by atoms with E-state index in [0.29, 0.717) is 23.2 Å². The third kappa shape index (κ3) is 5.57. The summed E-state index contributed by atoms with van der Waals surface area (Å²) in [7, 11) is 0. The molecule has 1 fully saturated rings. The summed E-state index contributed by atoms with van der Waals surface area (Å²) in [5.74, 6) is -0.849. The molecule has 158 valence electrons. The van der Waals surface area contributed by atoms with E-state index in [0.717, 1.165) is 17.8 Å². The Kier molecular flexibility index (Phi) is 6.27. The molecule has 0 aliphatic carbocycles. The summed E-state index contributed by atoms with van der Waals surface area (Å²) in [6, 6.07) is 3.35. The number of benzene rings is 1. The van der Waals surface area contributed by atoms with E-state index in [-0.39, 0.29) is 35.3 Å². The number of aromatic nitrogens is 1. The molecule has 3 rings (SSSR count). The Morgan fingerprint density at radius 1 is 1.38 bits per heavy atom. The lowest BCUT2D eigenvalue weighted by molar-refractivity contribution is -0.274. The van der Waals surface area contributed by atoms with Crippen molar-refractivity contribution < 1.29 is 27.5 Å². The fraction of sp³-hybridized carbons (Fsp3) is 0.500. The highest BCUT2D eigenvalue weighted by atomic mass is 32.1. The summed E-state index contributed by atoms with van der Waals surface area (Å²) >= 11 is 1.04. The minimum Gasteiger partial charge on any atom is -0.406 e. The highest BCUT2D eigenvalue weighted by Gasteiger charge is 2.34. The summed E-state index contributed by atoms with van der Waals surface area (Å²) in [4.78, 5) is 30.8. The second-order valence-corrected chi connectivity index (χ2v) is 8.00. The summed E-state index contributed by atoms with van der Waals surface area (Å²) < 4.78 is 41.4. The van der Waals surface area contributed by atoms with Crippen molar-refractivity contribution in [2.45, 2.75) is 45.1 Å². The van der Waals surface area contributed by atoms with Gasteiger partial charge < -0.3 is 20.3 Å². The second kappa shape index (κ2) is 8.54. The lowest BCUT2D eigenvalue weighted by Gasteiger charge is -2.24. The molecule has 2 aromatic rings. The largest absolute Gasteiger partial charge is 0.573 e. The van der Waals surface area contributed by atoms with Gasteiger partial charge in [-0.1, -0.05) is 25.2 Å². The Balaban J connectivity index is 1.68. The molecule has 0 bridgehead atoms. The van der Waals surface area contributed by atoms with Crippen LogP contribution in [0.5, 0.6) is 5.75 Å². The zero-order valence-electron chi connectivity index (χ0n) is 15.9. The van der Waals surface area contributed by atoms with Gasteiger partial charge in [-0.15, -0.1) is 13.2 Å². The van der Waals surface area contributed by atoms with Crippen LogP contribution in [0.2, 0.25) is 0 Å². The number of alkyl halides is 3. The van der Waals surface area contributed by atoms with Crippen molar-refractivity contribution in [3.63, 3.8) is 0 Å². The topological polar surface area (TPSA) is 83.6 Å². The fourth-order valence-electron chi connectivity index (χ4n) is 3.08. The van der Waals surface area contributed by atoms with Gasteiger partial charge in [-0.2, -0.15) is 0 Å². The number of rotatable bonds is 6. The first kappa shape index (κ1) is 21.3. The number of nitrogens with one attached hydrogen (secondary N) is 2. The molecule has 1 aliphatic heterocycles. The zero-order valence-corrected chi connectivity index (χ0v) is 16.7. The molecular weight excluding hydrogens is 409 g/mol. The molecule has 1 saturated heterocycles. The first-order valence-corrected chi connectivity index (χ1v) is 9.94. The van der Waals surface area contributed by atoms with E-state index in [1.54, 1.807) is 4.90 Å². The van der Waals surface area contributed by atoms with Gasteiger partial charge in [-0.05, 0) is 25.0 Å². The number of likely N-dealkylation sites (tertiary alicyclic amines) is 1. The van der Waals surface area contributed by atoms with Crippen LogP contribution in [0.25, 0.3) is 10.2 Å². The van der Waals surface area contributed by atoms with Gasteiger partial charge in [0.1, 0.15) is 11.8 Å². The summed E-state index contributed by atoms with van der Waals surface area (Å²) in [5.41, 5.74) is 0.445. The van der Waals surface area contributed by atoms with Gasteiger partial charge in [-0.25, -0.2) is 4.98 Å². The van der Waals surface area contributed by atoms with Crippen molar-refractivity contribution >= 4 is 38.5 Å². The molecule has 7 nitrogen and oxygen atoms in total. The molecule has 2 heterocycles. The maximum Gasteiger partial charge on any atom is 0.573 e. The third-order valence-electron chi connectivity index (χ3n) is 4.36. The molecular formula is C18H21F3N4O3S. The van der Waals surface area contributed by atoms with Crippen molar-refractivity contribution in [2.24, 2.45) is 0 Å². The van der Waals surface area contributed by atoms with E-state index in [9.17, 15) is 22.8 Å². The number of thiazole rings is 1. The Bertz CT molecular complexity index is 900. The number of fused-ring (bicyclic) bond motifs is 1. The van der Waals surface area contributed by atoms with Gasteiger partial charge in [-0.3, -0.25) is 9.59 Å². The molecule has 0 spiro atoms. The van der Waals surface area contributed by atoms with Crippen LogP contribution in [0.15, 0.2) is 18.2 Å². The minimum absolute atomic E-state index is 0.144. The number of nitrogens with zero attached hydrogens (tertiary/aromatic N) is 2. The maximum absolute atomic E-state index is 12.7. The van der Waals surface area contributed by atoms with Crippen LogP contribution in [0.4, 0.5) is 18.3 Å². The predicted molar refractivity (Wildman–Crippen MR) is 103 cm³/mol. The van der Waals surface area contributed by atoms with Crippen LogP contribution in [-0.4, -0.2) is 53.2 Å². The highest BCUT2D eigenvalue weighted by molar-refractivity contribution is 7.22. The Morgan fingerprint density at radius 2 is 2.14 bits per heavy atom. The Hall–Kier alpha value is -2.40. The van der Waals surface area contributed by atoms with Crippen molar-refractivity contribution in [1.29, 1.82) is 0 Å². The SMILES string of the molecule is CC(C)NCC(=O)N1CCC[C@@H]1C(=O)Nc1nc2ccc(OC(F)(F)F)cc2s1. The van der Waals surface area contributed by atoms with E-state index in [1.165, 1.54) is 18.2 Å². The van der Waals surface area contributed by atoms with Gasteiger partial charge >= 0.3 is 6.36 Å². The normalized spacial score (nSPS) is 17.2. The molecule has 1 aromatic carbocycles. The number of hydrogen-bond acceptors (Lipinski definition) is 6. The third-order valence-corrected chi connectivity index (χ3v) is 5.29. The zero-order chi connectivity index (χ0) is 21.2. The van der Waals surface area contributed by atoms with E-state index < -0.39 is 12.4 Å². The summed E-state index contributed by atoms with van der Waals surface area (Å²) in [6.45, 7) is 4.53. The number of ether oxygens (including phenoxy) is 1. The lowest BCUT2D eigenvalue weighted by Crippen LogP contribution is -2.47. The number of carbonyl (C=O) groups excluding carboxylic acids is 2. The van der Waals surface area contributed by atoms with E-state index in [4.69, 9.17) is 0 Å². The Morgan fingerprint density at radius 3 is 2.83 bits per heavy atom. The van der Waals surface area contributed by atoms with Crippen molar-refractivity contribution in [2.75, 3.05) is 18.4 Å². The molecule has 2 amide bonds. The van der Waals surface area contributed by atoms with E-state index in [2.05, 4.69) is 20.4 Å². The van der Waals surface area contributed by atoms with E-state index >= 15 is 0 Å². The van der Waals surface area contributed by atoms with Crippen LogP contribution in [0.1, 0.15) is 26.7 Å². The smallest absolute Gasteiger partial charge is 0.406 e.